The fraction of sp³-hybridized carbons (Fsp3) is 0.571. The molecule has 1 aromatic rings. The molecule has 1 saturated heterocycles. The van der Waals surface area contributed by atoms with E-state index in [0.717, 1.165) is 49.5 Å². The Kier molecular flexibility index (Phi) is 4.00. The van der Waals surface area contributed by atoms with Crippen LogP contribution in [-0.4, -0.2) is 19.6 Å². The summed E-state index contributed by atoms with van der Waals surface area (Å²) in [6.07, 6.45) is 3.05. The van der Waals surface area contributed by atoms with Crippen LogP contribution in [0.5, 0.6) is 0 Å². The predicted molar refractivity (Wildman–Crippen MR) is 69.8 cm³/mol. The summed E-state index contributed by atoms with van der Waals surface area (Å²) in [5, 5.41) is 0. The molecule has 0 spiro atoms. The Morgan fingerprint density at radius 2 is 2.06 bits per heavy atom. The average molecular weight is 236 g/mol. The molecule has 2 nitrogen and oxygen atoms in total. The normalized spacial score (nSPS) is 17.5. The second-order valence-electron chi connectivity index (χ2n) is 4.96. The minimum atomic E-state index is -0.106. The van der Waals surface area contributed by atoms with Crippen LogP contribution in [0.15, 0.2) is 18.2 Å². The lowest BCUT2D eigenvalue weighted by Crippen LogP contribution is -2.34. The predicted octanol–water partition coefficient (Wildman–Crippen LogP) is 2.56. The molecule has 0 radical (unpaired) electrons. The summed E-state index contributed by atoms with van der Waals surface area (Å²) < 4.78 is 14.0. The van der Waals surface area contributed by atoms with Crippen LogP contribution in [0.4, 0.5) is 10.1 Å². The van der Waals surface area contributed by atoms with E-state index in [0.29, 0.717) is 6.54 Å². The van der Waals surface area contributed by atoms with E-state index in [1.54, 1.807) is 12.1 Å². The second kappa shape index (κ2) is 5.50. The zero-order valence-corrected chi connectivity index (χ0v) is 10.5. The Morgan fingerprint density at radius 1 is 1.35 bits per heavy atom. The van der Waals surface area contributed by atoms with Crippen molar-refractivity contribution in [2.75, 3.05) is 24.5 Å². The molecule has 3 heteroatoms. The highest BCUT2D eigenvalue weighted by Gasteiger charge is 2.20. The molecule has 2 rings (SSSR count). The SMILES string of the molecule is CC1CCN(c2c(F)cccc2CCN)CC1. The van der Waals surface area contributed by atoms with Gasteiger partial charge in [0.1, 0.15) is 5.82 Å². The third kappa shape index (κ3) is 2.78. The highest BCUT2D eigenvalue weighted by atomic mass is 19.1. The van der Waals surface area contributed by atoms with Gasteiger partial charge in [-0.05, 0) is 43.4 Å². The number of nitrogens with zero attached hydrogens (tertiary/aromatic N) is 1. The lowest BCUT2D eigenvalue weighted by molar-refractivity contribution is 0.434. The monoisotopic (exact) mass is 236 g/mol. The molecule has 0 bridgehead atoms. The zero-order chi connectivity index (χ0) is 12.3. The van der Waals surface area contributed by atoms with E-state index in [1.165, 1.54) is 0 Å². The molecule has 0 unspecified atom stereocenters. The number of anilines is 1. The van der Waals surface area contributed by atoms with Gasteiger partial charge < -0.3 is 10.6 Å². The Balaban J connectivity index is 2.23. The molecule has 1 aliphatic heterocycles. The molecule has 0 aliphatic carbocycles. The fourth-order valence-corrected chi connectivity index (χ4v) is 2.50. The number of hydrogen-bond acceptors (Lipinski definition) is 2. The molecule has 94 valence electrons. The van der Waals surface area contributed by atoms with E-state index >= 15 is 0 Å². The molecule has 0 aromatic heterocycles. The molecule has 0 atom stereocenters. The van der Waals surface area contributed by atoms with Crippen LogP contribution in [0, 0.1) is 11.7 Å². The van der Waals surface area contributed by atoms with Crippen molar-refractivity contribution in [1.82, 2.24) is 0 Å². The van der Waals surface area contributed by atoms with Crippen LogP contribution in [0.25, 0.3) is 0 Å². The topological polar surface area (TPSA) is 29.3 Å². The van der Waals surface area contributed by atoms with Crippen LogP contribution in [0.3, 0.4) is 0 Å². The van der Waals surface area contributed by atoms with Crippen molar-refractivity contribution in [1.29, 1.82) is 0 Å². The third-order valence-corrected chi connectivity index (χ3v) is 3.58. The number of hydrogen-bond donors (Lipinski definition) is 1. The van der Waals surface area contributed by atoms with Gasteiger partial charge in [-0.2, -0.15) is 0 Å². The van der Waals surface area contributed by atoms with Gasteiger partial charge in [-0.25, -0.2) is 4.39 Å². The summed E-state index contributed by atoms with van der Waals surface area (Å²) in [6, 6.07) is 5.31. The largest absolute Gasteiger partial charge is 0.369 e. The van der Waals surface area contributed by atoms with Crippen molar-refractivity contribution < 1.29 is 4.39 Å². The van der Waals surface area contributed by atoms with Gasteiger partial charge in [-0.1, -0.05) is 19.1 Å². The van der Waals surface area contributed by atoms with E-state index in [2.05, 4.69) is 11.8 Å². The van der Waals surface area contributed by atoms with Crippen molar-refractivity contribution >= 4 is 5.69 Å². The second-order valence-corrected chi connectivity index (χ2v) is 4.96. The van der Waals surface area contributed by atoms with Crippen molar-refractivity contribution in [3.63, 3.8) is 0 Å². The number of para-hydroxylation sites is 1. The molecule has 1 aliphatic rings. The standard InChI is InChI=1S/C14H21FN2/c1-11-6-9-17(10-7-11)14-12(5-8-16)3-2-4-13(14)15/h2-4,11H,5-10,16H2,1H3. The van der Waals surface area contributed by atoms with Crippen molar-refractivity contribution in [2.45, 2.75) is 26.2 Å². The van der Waals surface area contributed by atoms with E-state index in [-0.39, 0.29) is 5.82 Å². The maximum Gasteiger partial charge on any atom is 0.146 e. The number of nitrogens with two attached hydrogens (primary N) is 1. The lowest BCUT2D eigenvalue weighted by atomic mass is 9.97. The molecular formula is C14H21FN2. The Hall–Kier alpha value is -1.09. The van der Waals surface area contributed by atoms with Gasteiger partial charge in [0.05, 0.1) is 5.69 Å². The lowest BCUT2D eigenvalue weighted by Gasteiger charge is -2.33. The average Bonchev–Trinajstić information content (AvgIpc) is 2.32. The van der Waals surface area contributed by atoms with E-state index in [9.17, 15) is 4.39 Å². The highest BCUT2D eigenvalue weighted by molar-refractivity contribution is 5.55. The maximum absolute atomic E-state index is 14.0. The first-order chi connectivity index (χ1) is 8.22. The number of benzene rings is 1. The summed E-state index contributed by atoms with van der Waals surface area (Å²) in [4.78, 5) is 2.18. The summed E-state index contributed by atoms with van der Waals surface area (Å²) in [7, 11) is 0. The van der Waals surface area contributed by atoms with Crippen LogP contribution in [0.1, 0.15) is 25.3 Å². The molecule has 1 heterocycles. The third-order valence-electron chi connectivity index (χ3n) is 3.58. The van der Waals surface area contributed by atoms with E-state index in [1.807, 2.05) is 6.07 Å². The summed E-state index contributed by atoms with van der Waals surface area (Å²) >= 11 is 0. The van der Waals surface area contributed by atoms with Crippen LogP contribution in [-0.2, 0) is 6.42 Å². The summed E-state index contributed by atoms with van der Waals surface area (Å²) in [5.41, 5.74) is 7.42. The van der Waals surface area contributed by atoms with Crippen molar-refractivity contribution in [3.8, 4) is 0 Å². The van der Waals surface area contributed by atoms with Gasteiger partial charge in [0.15, 0.2) is 0 Å². The summed E-state index contributed by atoms with van der Waals surface area (Å²) in [5.74, 6) is 0.654. The van der Waals surface area contributed by atoms with Gasteiger partial charge in [-0.3, -0.25) is 0 Å². The number of piperidine rings is 1. The van der Waals surface area contributed by atoms with Gasteiger partial charge in [0.2, 0.25) is 0 Å². The summed E-state index contributed by atoms with van der Waals surface area (Å²) in [6.45, 7) is 4.75. The molecule has 17 heavy (non-hydrogen) atoms. The van der Waals surface area contributed by atoms with Crippen LogP contribution in [0.2, 0.25) is 0 Å². The van der Waals surface area contributed by atoms with Crippen molar-refractivity contribution in [3.05, 3.63) is 29.6 Å². The minimum absolute atomic E-state index is 0.106. The van der Waals surface area contributed by atoms with Crippen molar-refractivity contribution in [2.24, 2.45) is 11.7 Å². The molecule has 0 saturated carbocycles. The Bertz CT molecular complexity index is 370. The van der Waals surface area contributed by atoms with Gasteiger partial charge in [-0.15, -0.1) is 0 Å². The molecular weight excluding hydrogens is 215 g/mol. The van der Waals surface area contributed by atoms with Crippen LogP contribution >= 0.6 is 0 Å². The van der Waals surface area contributed by atoms with E-state index < -0.39 is 0 Å². The molecule has 1 aromatic carbocycles. The first kappa shape index (κ1) is 12.4. The fourth-order valence-electron chi connectivity index (χ4n) is 2.50. The Labute approximate surface area is 103 Å². The number of halogens is 1. The smallest absolute Gasteiger partial charge is 0.146 e. The zero-order valence-electron chi connectivity index (χ0n) is 10.5. The molecule has 2 N–H and O–H groups in total. The maximum atomic E-state index is 14.0. The highest BCUT2D eigenvalue weighted by Crippen LogP contribution is 2.29. The first-order valence-corrected chi connectivity index (χ1v) is 6.44. The molecule has 1 fully saturated rings. The van der Waals surface area contributed by atoms with Gasteiger partial charge in [0, 0.05) is 13.1 Å². The van der Waals surface area contributed by atoms with Gasteiger partial charge >= 0.3 is 0 Å². The quantitative estimate of drug-likeness (QED) is 0.874. The van der Waals surface area contributed by atoms with E-state index in [4.69, 9.17) is 5.73 Å². The minimum Gasteiger partial charge on any atom is -0.369 e. The number of rotatable bonds is 3. The van der Waals surface area contributed by atoms with Crippen LogP contribution < -0.4 is 10.6 Å². The van der Waals surface area contributed by atoms with Gasteiger partial charge in [0.25, 0.3) is 0 Å². The molecule has 0 amide bonds. The first-order valence-electron chi connectivity index (χ1n) is 6.44. The Morgan fingerprint density at radius 3 is 2.71 bits per heavy atom.